The molecule has 0 saturated heterocycles. The van der Waals surface area contributed by atoms with Gasteiger partial charge in [0.1, 0.15) is 11.6 Å². The second-order valence-corrected chi connectivity index (χ2v) is 5.14. The third kappa shape index (κ3) is 3.49. The fraction of sp³-hybridized carbons (Fsp3) is 0.200. The average Bonchev–Trinajstić information content (AvgIpc) is 2.43. The molecule has 0 spiro atoms. The molecule has 1 aromatic carbocycles. The molecule has 2 N–H and O–H groups in total. The van der Waals surface area contributed by atoms with Crippen LogP contribution in [0.5, 0.6) is 0 Å². The highest BCUT2D eigenvalue weighted by molar-refractivity contribution is 6.33. The maximum Gasteiger partial charge on any atom is 0.356 e. The van der Waals surface area contributed by atoms with Gasteiger partial charge in [-0.2, -0.15) is 0 Å². The Hall–Kier alpha value is -2.14. The molecule has 0 bridgehead atoms. The van der Waals surface area contributed by atoms with Crippen molar-refractivity contribution in [1.29, 1.82) is 0 Å². The molecule has 0 fully saturated rings. The number of aromatic carboxylic acids is 1. The van der Waals surface area contributed by atoms with Gasteiger partial charge >= 0.3 is 5.97 Å². The van der Waals surface area contributed by atoms with E-state index in [9.17, 15) is 9.18 Å². The SMILES string of the molecule is Cc1cc(CNc2ccc(Cl)c(C(=O)O)n2)cc(C)c1F. The lowest BCUT2D eigenvalue weighted by atomic mass is 10.1. The van der Waals surface area contributed by atoms with Gasteiger partial charge < -0.3 is 10.4 Å². The van der Waals surface area contributed by atoms with Crippen molar-refractivity contribution in [3.8, 4) is 0 Å². The van der Waals surface area contributed by atoms with Crippen molar-refractivity contribution in [2.75, 3.05) is 5.32 Å². The van der Waals surface area contributed by atoms with Gasteiger partial charge in [-0.25, -0.2) is 14.2 Å². The second kappa shape index (κ2) is 6.10. The van der Waals surface area contributed by atoms with Gasteiger partial charge in [0.25, 0.3) is 0 Å². The molecule has 0 aliphatic rings. The fourth-order valence-corrected chi connectivity index (χ4v) is 2.21. The quantitative estimate of drug-likeness (QED) is 0.902. The predicted octanol–water partition coefficient (Wildman–Crippen LogP) is 3.80. The number of pyridine rings is 1. The molecule has 0 atom stereocenters. The predicted molar refractivity (Wildman–Crippen MR) is 79.4 cm³/mol. The van der Waals surface area contributed by atoms with Crippen LogP contribution in [0, 0.1) is 19.7 Å². The van der Waals surface area contributed by atoms with Crippen LogP contribution in [0.15, 0.2) is 24.3 Å². The van der Waals surface area contributed by atoms with Gasteiger partial charge in [-0.05, 0) is 42.7 Å². The van der Waals surface area contributed by atoms with Gasteiger partial charge in [0.05, 0.1) is 5.02 Å². The molecule has 1 heterocycles. The Morgan fingerprint density at radius 1 is 1.33 bits per heavy atom. The number of nitrogens with zero attached hydrogens (tertiary/aromatic N) is 1. The first-order chi connectivity index (χ1) is 9.88. The summed E-state index contributed by atoms with van der Waals surface area (Å²) in [6.07, 6.45) is 0. The molecular formula is C15H14ClFN2O2. The molecule has 0 radical (unpaired) electrons. The standard InChI is InChI=1S/C15H14ClFN2O2/c1-8-5-10(6-9(2)13(8)17)7-18-12-4-3-11(16)14(19-12)15(20)21/h3-6H,7H2,1-2H3,(H,18,19)(H,20,21). The number of rotatable bonds is 4. The van der Waals surface area contributed by atoms with Crippen molar-refractivity contribution in [2.24, 2.45) is 0 Å². The van der Waals surface area contributed by atoms with Crippen LogP contribution >= 0.6 is 11.6 Å². The molecule has 0 saturated carbocycles. The average molecular weight is 309 g/mol. The molecule has 21 heavy (non-hydrogen) atoms. The van der Waals surface area contributed by atoms with Crippen molar-refractivity contribution < 1.29 is 14.3 Å². The van der Waals surface area contributed by atoms with E-state index in [2.05, 4.69) is 10.3 Å². The molecule has 0 aliphatic carbocycles. The molecule has 110 valence electrons. The van der Waals surface area contributed by atoms with E-state index < -0.39 is 5.97 Å². The van der Waals surface area contributed by atoms with Gasteiger partial charge in [0, 0.05) is 6.54 Å². The number of hydrogen-bond acceptors (Lipinski definition) is 3. The summed E-state index contributed by atoms with van der Waals surface area (Å²) in [5, 5.41) is 12.0. The van der Waals surface area contributed by atoms with Gasteiger partial charge in [-0.3, -0.25) is 0 Å². The molecule has 0 aliphatic heterocycles. The maximum atomic E-state index is 13.5. The van der Waals surface area contributed by atoms with Gasteiger partial charge in [-0.15, -0.1) is 0 Å². The molecule has 0 amide bonds. The van der Waals surface area contributed by atoms with Crippen LogP contribution in [0.25, 0.3) is 0 Å². The first kappa shape index (κ1) is 15.3. The third-order valence-electron chi connectivity index (χ3n) is 3.02. The maximum absolute atomic E-state index is 13.5. The van der Waals surface area contributed by atoms with Crippen molar-refractivity contribution >= 4 is 23.4 Å². The number of benzene rings is 1. The molecule has 4 nitrogen and oxygen atoms in total. The first-order valence-corrected chi connectivity index (χ1v) is 6.65. The third-order valence-corrected chi connectivity index (χ3v) is 3.32. The summed E-state index contributed by atoms with van der Waals surface area (Å²) >= 11 is 5.75. The molecular weight excluding hydrogens is 295 g/mol. The summed E-state index contributed by atoms with van der Waals surface area (Å²) < 4.78 is 13.5. The Kier molecular flexibility index (Phi) is 4.43. The van der Waals surface area contributed by atoms with E-state index in [-0.39, 0.29) is 16.5 Å². The number of aromatic nitrogens is 1. The van der Waals surface area contributed by atoms with Crippen LogP contribution in [0.1, 0.15) is 27.2 Å². The topological polar surface area (TPSA) is 62.2 Å². The van der Waals surface area contributed by atoms with E-state index in [1.54, 1.807) is 32.0 Å². The molecule has 1 aromatic heterocycles. The van der Waals surface area contributed by atoms with E-state index in [0.717, 1.165) is 5.56 Å². The van der Waals surface area contributed by atoms with Gasteiger partial charge in [0.15, 0.2) is 5.69 Å². The van der Waals surface area contributed by atoms with Crippen LogP contribution in [0.3, 0.4) is 0 Å². The summed E-state index contributed by atoms with van der Waals surface area (Å²) in [5.41, 5.74) is 1.83. The van der Waals surface area contributed by atoms with E-state index in [0.29, 0.717) is 23.5 Å². The van der Waals surface area contributed by atoms with Crippen molar-refractivity contribution in [1.82, 2.24) is 4.98 Å². The van der Waals surface area contributed by atoms with E-state index in [1.165, 1.54) is 6.07 Å². The molecule has 0 unspecified atom stereocenters. The number of carbonyl (C=O) groups is 1. The number of carboxylic acid groups (broad SMARTS) is 1. The minimum atomic E-state index is -1.18. The van der Waals surface area contributed by atoms with Crippen LogP contribution in [-0.2, 0) is 6.54 Å². The van der Waals surface area contributed by atoms with E-state index >= 15 is 0 Å². The minimum absolute atomic E-state index is 0.0847. The largest absolute Gasteiger partial charge is 0.476 e. The highest BCUT2D eigenvalue weighted by Crippen LogP contribution is 2.18. The molecule has 2 aromatic rings. The number of hydrogen-bond donors (Lipinski definition) is 2. The Morgan fingerprint density at radius 3 is 2.52 bits per heavy atom. The summed E-state index contributed by atoms with van der Waals surface area (Å²) in [5.74, 6) is -0.995. The zero-order valence-electron chi connectivity index (χ0n) is 11.6. The van der Waals surface area contributed by atoms with E-state index in [1.807, 2.05) is 0 Å². The summed E-state index contributed by atoms with van der Waals surface area (Å²) in [7, 11) is 0. The molecule has 2 rings (SSSR count). The smallest absolute Gasteiger partial charge is 0.356 e. The monoisotopic (exact) mass is 308 g/mol. The zero-order valence-corrected chi connectivity index (χ0v) is 12.3. The Morgan fingerprint density at radius 2 is 1.95 bits per heavy atom. The van der Waals surface area contributed by atoms with Gasteiger partial charge in [-0.1, -0.05) is 23.7 Å². The van der Waals surface area contributed by atoms with Gasteiger partial charge in [0.2, 0.25) is 0 Å². The van der Waals surface area contributed by atoms with Crippen molar-refractivity contribution in [3.05, 3.63) is 57.5 Å². The Labute approximate surface area is 126 Å². The zero-order chi connectivity index (χ0) is 15.6. The van der Waals surface area contributed by atoms with Crippen LogP contribution in [0.2, 0.25) is 5.02 Å². The highest BCUT2D eigenvalue weighted by Gasteiger charge is 2.11. The lowest BCUT2D eigenvalue weighted by molar-refractivity contribution is 0.0691. The summed E-state index contributed by atoms with van der Waals surface area (Å²) in [6, 6.07) is 6.55. The Balaban J connectivity index is 2.17. The summed E-state index contributed by atoms with van der Waals surface area (Å²) in [6.45, 7) is 3.82. The van der Waals surface area contributed by atoms with Crippen LogP contribution < -0.4 is 5.32 Å². The van der Waals surface area contributed by atoms with Crippen molar-refractivity contribution in [2.45, 2.75) is 20.4 Å². The lowest BCUT2D eigenvalue weighted by Gasteiger charge is -2.10. The number of aryl methyl sites for hydroxylation is 2. The Bertz CT molecular complexity index is 681. The number of anilines is 1. The minimum Gasteiger partial charge on any atom is -0.476 e. The molecule has 6 heteroatoms. The normalized spacial score (nSPS) is 10.5. The number of carboxylic acids is 1. The van der Waals surface area contributed by atoms with E-state index in [4.69, 9.17) is 16.7 Å². The first-order valence-electron chi connectivity index (χ1n) is 6.28. The van der Waals surface area contributed by atoms with Crippen LogP contribution in [0.4, 0.5) is 10.2 Å². The van der Waals surface area contributed by atoms with Crippen molar-refractivity contribution in [3.63, 3.8) is 0 Å². The van der Waals surface area contributed by atoms with Crippen LogP contribution in [-0.4, -0.2) is 16.1 Å². The number of halogens is 2. The fourth-order valence-electron chi connectivity index (χ4n) is 2.02. The lowest BCUT2D eigenvalue weighted by Crippen LogP contribution is -2.07. The second-order valence-electron chi connectivity index (χ2n) is 4.73. The summed E-state index contributed by atoms with van der Waals surface area (Å²) in [4.78, 5) is 14.9. The number of nitrogens with one attached hydrogen (secondary N) is 1. The highest BCUT2D eigenvalue weighted by atomic mass is 35.5.